The van der Waals surface area contributed by atoms with Crippen LogP contribution >= 0.6 is 15.9 Å². The maximum Gasteiger partial charge on any atom is 0.312 e. The highest BCUT2D eigenvalue weighted by Crippen LogP contribution is 2.60. The predicted octanol–water partition coefficient (Wildman–Crippen LogP) is 2.44. The van der Waals surface area contributed by atoms with Crippen molar-refractivity contribution in [2.24, 2.45) is 11.8 Å². The number of halogens is 1. The van der Waals surface area contributed by atoms with Crippen molar-refractivity contribution in [1.29, 1.82) is 0 Å². The Hall–Kier alpha value is -1.71. The summed E-state index contributed by atoms with van der Waals surface area (Å²) in [5.41, 5.74) is -1.10. The van der Waals surface area contributed by atoms with Crippen LogP contribution in [0.2, 0.25) is 0 Å². The molecule has 3 aliphatic heterocycles. The second kappa shape index (κ2) is 11.8. The van der Waals surface area contributed by atoms with E-state index in [4.69, 9.17) is 9.47 Å². The minimum absolute atomic E-state index is 0.104. The van der Waals surface area contributed by atoms with Gasteiger partial charge in [-0.1, -0.05) is 47.8 Å². The Balaban J connectivity index is 1.95. The standard InChI is InChI=1S/C25H37BrN2O6/c1-4-7-9-12-27(11-6-3)23(31)21-25-16-17(26)20(34-25)18(24(32)33-15-8-5-2)19(25)22(30)28(21)13-10-14-29/h5-6,17-21,29H,2-4,7-16H2,1H3/t17?,18-,19-,20-,21?,25?/m0/s1. The van der Waals surface area contributed by atoms with Crippen molar-refractivity contribution in [3.05, 3.63) is 25.3 Å². The number of rotatable bonds is 14. The van der Waals surface area contributed by atoms with Crippen LogP contribution in [0.25, 0.3) is 0 Å². The van der Waals surface area contributed by atoms with Crippen molar-refractivity contribution in [1.82, 2.24) is 9.80 Å². The largest absolute Gasteiger partial charge is 0.465 e. The van der Waals surface area contributed by atoms with Crippen LogP contribution in [0.4, 0.5) is 0 Å². The summed E-state index contributed by atoms with van der Waals surface area (Å²) in [5.74, 6) is -2.50. The molecule has 0 saturated carbocycles. The maximum absolute atomic E-state index is 14.0. The van der Waals surface area contributed by atoms with Crippen molar-refractivity contribution in [3.63, 3.8) is 0 Å². The van der Waals surface area contributed by atoms with E-state index in [1.807, 2.05) is 0 Å². The number of fused-ring (bicyclic) bond motifs is 1. The minimum atomic E-state index is -1.10. The van der Waals surface area contributed by atoms with Gasteiger partial charge < -0.3 is 24.4 Å². The van der Waals surface area contributed by atoms with E-state index < -0.39 is 35.6 Å². The van der Waals surface area contributed by atoms with Crippen molar-refractivity contribution < 1.29 is 29.0 Å². The normalized spacial score (nSPS) is 31.4. The van der Waals surface area contributed by atoms with Crippen LogP contribution in [0.5, 0.6) is 0 Å². The Bertz CT molecular complexity index is 791. The number of amides is 2. The second-order valence-corrected chi connectivity index (χ2v) is 10.5. The van der Waals surface area contributed by atoms with Crippen molar-refractivity contribution in [3.8, 4) is 0 Å². The summed E-state index contributed by atoms with van der Waals surface area (Å²) >= 11 is 3.65. The number of likely N-dealkylation sites (tertiary alicyclic amines) is 1. The number of aliphatic hydroxyl groups excluding tert-OH is 1. The molecular formula is C25H37BrN2O6. The number of carbonyl (C=O) groups is 3. The summed E-state index contributed by atoms with van der Waals surface area (Å²) in [6.45, 7) is 10.8. The topological polar surface area (TPSA) is 96.4 Å². The molecule has 2 amide bonds. The van der Waals surface area contributed by atoms with E-state index >= 15 is 0 Å². The highest BCUT2D eigenvalue weighted by atomic mass is 79.9. The molecule has 6 atom stereocenters. The monoisotopic (exact) mass is 540 g/mol. The lowest BCUT2D eigenvalue weighted by Crippen LogP contribution is -2.57. The molecule has 3 heterocycles. The van der Waals surface area contributed by atoms with E-state index in [2.05, 4.69) is 36.0 Å². The highest BCUT2D eigenvalue weighted by Gasteiger charge is 2.77. The Morgan fingerprint density at radius 3 is 2.74 bits per heavy atom. The summed E-state index contributed by atoms with van der Waals surface area (Å²) < 4.78 is 11.9. The number of alkyl halides is 1. The quantitative estimate of drug-likeness (QED) is 0.157. The fourth-order valence-corrected chi connectivity index (χ4v) is 6.61. The highest BCUT2D eigenvalue weighted by molar-refractivity contribution is 9.09. The zero-order valence-electron chi connectivity index (χ0n) is 20.0. The van der Waals surface area contributed by atoms with E-state index in [1.54, 1.807) is 17.1 Å². The van der Waals surface area contributed by atoms with Gasteiger partial charge in [-0.05, 0) is 25.7 Å². The molecule has 2 bridgehead atoms. The van der Waals surface area contributed by atoms with Gasteiger partial charge in [0.1, 0.15) is 11.6 Å². The molecule has 0 aromatic heterocycles. The molecule has 0 aromatic carbocycles. The van der Waals surface area contributed by atoms with Crippen LogP contribution in [0.3, 0.4) is 0 Å². The van der Waals surface area contributed by atoms with Crippen LogP contribution in [-0.2, 0) is 23.9 Å². The summed E-state index contributed by atoms with van der Waals surface area (Å²) in [5, 5.41) is 9.44. The smallest absolute Gasteiger partial charge is 0.312 e. The molecule has 0 radical (unpaired) electrons. The summed E-state index contributed by atoms with van der Waals surface area (Å²) in [6, 6.07) is -0.853. The minimum Gasteiger partial charge on any atom is -0.465 e. The van der Waals surface area contributed by atoms with Crippen LogP contribution < -0.4 is 0 Å². The Kier molecular flexibility index (Phi) is 9.34. The third-order valence-electron chi connectivity index (χ3n) is 7.11. The lowest BCUT2D eigenvalue weighted by atomic mass is 9.70. The molecule has 0 aliphatic carbocycles. The number of esters is 1. The number of unbranched alkanes of at least 4 members (excludes halogenated alkanes) is 2. The van der Waals surface area contributed by atoms with Crippen LogP contribution in [-0.4, -0.2) is 88.1 Å². The van der Waals surface area contributed by atoms with Gasteiger partial charge in [0.15, 0.2) is 0 Å². The summed E-state index contributed by atoms with van der Waals surface area (Å²) in [4.78, 5) is 43.9. The first-order valence-electron chi connectivity index (χ1n) is 12.3. The van der Waals surface area contributed by atoms with E-state index in [0.29, 0.717) is 32.4 Å². The molecule has 1 N–H and O–H groups in total. The van der Waals surface area contributed by atoms with Crippen LogP contribution in [0, 0.1) is 11.8 Å². The van der Waals surface area contributed by atoms with Crippen LogP contribution in [0.15, 0.2) is 25.3 Å². The first-order chi connectivity index (χ1) is 16.4. The fraction of sp³-hybridized carbons (Fsp3) is 0.720. The van der Waals surface area contributed by atoms with Crippen LogP contribution in [0.1, 0.15) is 45.4 Å². The van der Waals surface area contributed by atoms with Gasteiger partial charge in [0.25, 0.3) is 0 Å². The first-order valence-corrected chi connectivity index (χ1v) is 13.2. The van der Waals surface area contributed by atoms with Crippen molar-refractivity contribution in [2.45, 2.75) is 68.0 Å². The first kappa shape index (κ1) is 26.9. The van der Waals surface area contributed by atoms with Gasteiger partial charge in [0.2, 0.25) is 11.8 Å². The van der Waals surface area contributed by atoms with Gasteiger partial charge in [0.05, 0.1) is 24.5 Å². The average Bonchev–Trinajstić information content (AvgIpc) is 3.40. The second-order valence-electron chi connectivity index (χ2n) is 9.30. The number of ether oxygens (including phenoxy) is 2. The molecule has 0 aromatic rings. The SMILES string of the molecule is C=CCCOC(=O)[C@H]1[C@H]2C(=O)N(CCCO)C(C(=O)N(CC=C)CCCCC)C23CC(Br)[C@@H]1O3. The van der Waals surface area contributed by atoms with Gasteiger partial charge >= 0.3 is 5.97 Å². The number of aliphatic hydroxyl groups is 1. The molecule has 34 heavy (non-hydrogen) atoms. The summed E-state index contributed by atoms with van der Waals surface area (Å²) in [7, 11) is 0. The number of hydrogen-bond acceptors (Lipinski definition) is 6. The molecule has 3 rings (SSSR count). The predicted molar refractivity (Wildman–Crippen MR) is 131 cm³/mol. The molecule has 3 aliphatic rings. The average molecular weight is 541 g/mol. The van der Waals surface area contributed by atoms with Gasteiger partial charge in [-0.2, -0.15) is 0 Å². The number of nitrogens with zero attached hydrogens (tertiary/aromatic N) is 2. The molecule has 190 valence electrons. The van der Waals surface area contributed by atoms with Crippen molar-refractivity contribution >= 4 is 33.7 Å². The lowest BCUT2D eigenvalue weighted by Gasteiger charge is -2.37. The Morgan fingerprint density at radius 2 is 2.09 bits per heavy atom. The Labute approximate surface area is 210 Å². The molecule has 1 spiro atoms. The molecule has 3 fully saturated rings. The molecule has 3 unspecified atom stereocenters. The van der Waals surface area contributed by atoms with Crippen molar-refractivity contribution in [2.75, 3.05) is 32.8 Å². The molecular weight excluding hydrogens is 504 g/mol. The Morgan fingerprint density at radius 1 is 1.32 bits per heavy atom. The zero-order chi connectivity index (χ0) is 24.9. The third-order valence-corrected chi connectivity index (χ3v) is 7.96. The van der Waals surface area contributed by atoms with E-state index in [9.17, 15) is 19.5 Å². The number of hydrogen-bond donors (Lipinski definition) is 1. The lowest BCUT2D eigenvalue weighted by molar-refractivity contribution is -0.155. The third kappa shape index (κ3) is 4.84. The van der Waals surface area contributed by atoms with E-state index in [1.165, 1.54) is 4.90 Å². The van der Waals surface area contributed by atoms with Gasteiger partial charge in [-0.25, -0.2) is 0 Å². The van der Waals surface area contributed by atoms with Gasteiger partial charge in [0, 0.05) is 31.1 Å². The molecule has 8 nitrogen and oxygen atoms in total. The fourth-order valence-electron chi connectivity index (χ4n) is 5.67. The van der Waals surface area contributed by atoms with E-state index in [0.717, 1.165) is 19.3 Å². The maximum atomic E-state index is 14.0. The zero-order valence-corrected chi connectivity index (χ0v) is 21.6. The summed E-state index contributed by atoms with van der Waals surface area (Å²) in [6.07, 6.45) is 7.00. The molecule has 9 heteroatoms. The van der Waals surface area contributed by atoms with Gasteiger partial charge in [-0.15, -0.1) is 13.2 Å². The molecule has 3 saturated heterocycles. The number of carbonyl (C=O) groups excluding carboxylic acids is 3. The van der Waals surface area contributed by atoms with E-state index in [-0.39, 0.29) is 36.4 Å². The van der Waals surface area contributed by atoms with Gasteiger partial charge in [-0.3, -0.25) is 14.4 Å².